The van der Waals surface area contributed by atoms with Crippen LogP contribution in [-0.2, 0) is 11.3 Å². The molecular weight excluding hydrogens is 252 g/mol. The number of hydrogen-bond donors (Lipinski definition) is 1. The molecule has 1 fully saturated rings. The average Bonchev–Trinajstić information content (AvgIpc) is 2.75. The van der Waals surface area contributed by atoms with E-state index < -0.39 is 0 Å². The zero-order valence-electron chi connectivity index (χ0n) is 12.9. The molecule has 2 rings (SSSR count). The third-order valence-corrected chi connectivity index (χ3v) is 3.88. The molecule has 2 heterocycles. The maximum atomic E-state index is 12.6. The largest absolute Gasteiger partial charge is 0.337 e. The van der Waals surface area contributed by atoms with E-state index in [2.05, 4.69) is 17.3 Å². The van der Waals surface area contributed by atoms with Gasteiger partial charge in [0.1, 0.15) is 6.54 Å². The van der Waals surface area contributed by atoms with Crippen molar-refractivity contribution >= 4 is 5.91 Å². The number of nitrogens with zero attached hydrogens (tertiary/aromatic N) is 3. The summed E-state index contributed by atoms with van der Waals surface area (Å²) in [5.41, 5.74) is 2.02. The lowest BCUT2D eigenvalue weighted by Crippen LogP contribution is -2.50. The Hall–Kier alpha value is -1.36. The van der Waals surface area contributed by atoms with Gasteiger partial charge in [0.15, 0.2) is 0 Å². The third kappa shape index (κ3) is 3.60. The molecule has 5 heteroatoms. The van der Waals surface area contributed by atoms with Crippen LogP contribution < -0.4 is 5.32 Å². The van der Waals surface area contributed by atoms with Crippen molar-refractivity contribution in [2.24, 2.45) is 0 Å². The highest BCUT2D eigenvalue weighted by molar-refractivity contribution is 5.76. The van der Waals surface area contributed by atoms with Crippen LogP contribution in [0.2, 0.25) is 0 Å². The Labute approximate surface area is 121 Å². The number of nitrogens with one attached hydrogen (secondary N) is 1. The van der Waals surface area contributed by atoms with E-state index in [-0.39, 0.29) is 5.91 Å². The first-order valence-corrected chi connectivity index (χ1v) is 7.63. The summed E-state index contributed by atoms with van der Waals surface area (Å²) >= 11 is 0. The number of piperidine rings is 1. The molecule has 0 saturated carbocycles. The Morgan fingerprint density at radius 2 is 2.35 bits per heavy atom. The second kappa shape index (κ2) is 6.88. The molecule has 20 heavy (non-hydrogen) atoms. The van der Waals surface area contributed by atoms with Crippen LogP contribution in [0.5, 0.6) is 0 Å². The lowest BCUT2D eigenvalue weighted by Gasteiger charge is -2.34. The fraction of sp³-hybridized carbons (Fsp3) is 0.733. The summed E-state index contributed by atoms with van der Waals surface area (Å²) in [7, 11) is 0. The van der Waals surface area contributed by atoms with Gasteiger partial charge in [0.2, 0.25) is 5.91 Å². The van der Waals surface area contributed by atoms with Gasteiger partial charge in [-0.25, -0.2) is 0 Å². The Kier molecular flexibility index (Phi) is 5.17. The Morgan fingerprint density at radius 1 is 1.55 bits per heavy atom. The summed E-state index contributed by atoms with van der Waals surface area (Å²) in [6.45, 7) is 9.27. The Morgan fingerprint density at radius 3 is 2.90 bits per heavy atom. The number of carbonyl (C=O) groups excluding carboxylic acids is 1. The number of rotatable bonds is 5. The molecule has 1 saturated heterocycles. The van der Waals surface area contributed by atoms with Gasteiger partial charge in [-0.2, -0.15) is 5.10 Å². The molecule has 1 aliphatic rings. The second-order valence-corrected chi connectivity index (χ2v) is 5.67. The van der Waals surface area contributed by atoms with Gasteiger partial charge in [0.05, 0.1) is 5.69 Å². The Balaban J connectivity index is 2.04. The van der Waals surface area contributed by atoms with E-state index in [9.17, 15) is 4.79 Å². The number of aryl methyl sites for hydroxylation is 2. The molecule has 1 amide bonds. The van der Waals surface area contributed by atoms with Crippen LogP contribution in [0.25, 0.3) is 0 Å². The van der Waals surface area contributed by atoms with Crippen LogP contribution >= 0.6 is 0 Å². The molecule has 112 valence electrons. The zero-order valence-corrected chi connectivity index (χ0v) is 12.9. The minimum absolute atomic E-state index is 0.187. The monoisotopic (exact) mass is 278 g/mol. The molecule has 0 radical (unpaired) electrons. The van der Waals surface area contributed by atoms with E-state index in [0.717, 1.165) is 50.3 Å². The van der Waals surface area contributed by atoms with E-state index in [0.29, 0.717) is 12.6 Å². The molecule has 0 bridgehead atoms. The molecular formula is C15H26N4O. The van der Waals surface area contributed by atoms with E-state index >= 15 is 0 Å². The summed E-state index contributed by atoms with van der Waals surface area (Å²) in [5, 5.41) is 7.78. The lowest BCUT2D eigenvalue weighted by molar-refractivity contribution is -0.134. The average molecular weight is 278 g/mol. The van der Waals surface area contributed by atoms with Crippen molar-refractivity contribution in [3.8, 4) is 0 Å². The van der Waals surface area contributed by atoms with E-state index in [1.54, 1.807) is 0 Å². The highest BCUT2D eigenvalue weighted by Crippen LogP contribution is 2.12. The third-order valence-electron chi connectivity index (χ3n) is 3.88. The fourth-order valence-electron chi connectivity index (χ4n) is 2.91. The van der Waals surface area contributed by atoms with Gasteiger partial charge >= 0.3 is 0 Å². The van der Waals surface area contributed by atoms with Crippen molar-refractivity contribution in [1.82, 2.24) is 20.0 Å². The van der Waals surface area contributed by atoms with Crippen LogP contribution in [0, 0.1) is 13.8 Å². The predicted octanol–water partition coefficient (Wildman–Crippen LogP) is 1.49. The molecule has 1 aliphatic heterocycles. The van der Waals surface area contributed by atoms with Crippen LogP contribution in [-0.4, -0.2) is 46.3 Å². The molecule has 1 N–H and O–H groups in total. The molecule has 1 atom stereocenters. The zero-order chi connectivity index (χ0) is 14.5. The summed E-state index contributed by atoms with van der Waals surface area (Å²) in [6, 6.07) is 2.35. The van der Waals surface area contributed by atoms with Crippen molar-refractivity contribution in [3.05, 3.63) is 17.5 Å². The Bertz CT molecular complexity index is 449. The van der Waals surface area contributed by atoms with Crippen molar-refractivity contribution in [2.75, 3.05) is 19.6 Å². The van der Waals surface area contributed by atoms with E-state index in [4.69, 9.17) is 0 Å². The first-order chi connectivity index (χ1) is 9.61. The van der Waals surface area contributed by atoms with Crippen LogP contribution in [0.15, 0.2) is 6.07 Å². The van der Waals surface area contributed by atoms with Gasteiger partial charge in [-0.1, -0.05) is 6.92 Å². The molecule has 0 aliphatic carbocycles. The summed E-state index contributed by atoms with van der Waals surface area (Å²) in [6.07, 6.45) is 3.26. The minimum atomic E-state index is 0.187. The van der Waals surface area contributed by atoms with E-state index in [1.807, 2.05) is 29.5 Å². The molecule has 1 unspecified atom stereocenters. The van der Waals surface area contributed by atoms with Crippen molar-refractivity contribution in [3.63, 3.8) is 0 Å². The molecule has 0 spiro atoms. The van der Waals surface area contributed by atoms with E-state index in [1.165, 1.54) is 0 Å². The maximum Gasteiger partial charge on any atom is 0.244 e. The highest BCUT2D eigenvalue weighted by Gasteiger charge is 2.25. The minimum Gasteiger partial charge on any atom is -0.337 e. The van der Waals surface area contributed by atoms with Crippen LogP contribution in [0.1, 0.15) is 37.6 Å². The van der Waals surface area contributed by atoms with Crippen molar-refractivity contribution in [2.45, 2.75) is 52.6 Å². The number of aromatic nitrogens is 2. The molecule has 5 nitrogen and oxygen atoms in total. The summed E-state index contributed by atoms with van der Waals surface area (Å²) in [4.78, 5) is 14.6. The number of amides is 1. The van der Waals surface area contributed by atoms with Crippen molar-refractivity contribution < 1.29 is 4.79 Å². The predicted molar refractivity (Wildman–Crippen MR) is 79.6 cm³/mol. The SMILES string of the molecule is CCCN(C(=O)Cn1nc(C)cc1C)C1CCCNC1. The van der Waals surface area contributed by atoms with Crippen LogP contribution in [0.4, 0.5) is 0 Å². The first kappa shape index (κ1) is 15.0. The summed E-state index contributed by atoms with van der Waals surface area (Å²) in [5.74, 6) is 0.187. The van der Waals surface area contributed by atoms with Gasteiger partial charge in [-0.15, -0.1) is 0 Å². The van der Waals surface area contributed by atoms with Gasteiger partial charge < -0.3 is 10.2 Å². The van der Waals surface area contributed by atoms with Gasteiger partial charge in [0, 0.05) is 24.8 Å². The topological polar surface area (TPSA) is 50.2 Å². The summed E-state index contributed by atoms with van der Waals surface area (Å²) < 4.78 is 1.82. The van der Waals surface area contributed by atoms with Gasteiger partial charge in [-0.3, -0.25) is 9.48 Å². The van der Waals surface area contributed by atoms with Gasteiger partial charge in [0.25, 0.3) is 0 Å². The molecule has 0 aromatic carbocycles. The smallest absolute Gasteiger partial charge is 0.244 e. The molecule has 1 aromatic rings. The maximum absolute atomic E-state index is 12.6. The van der Waals surface area contributed by atoms with Crippen LogP contribution in [0.3, 0.4) is 0 Å². The quantitative estimate of drug-likeness (QED) is 0.888. The lowest BCUT2D eigenvalue weighted by atomic mass is 10.1. The van der Waals surface area contributed by atoms with Crippen molar-refractivity contribution in [1.29, 1.82) is 0 Å². The molecule has 1 aromatic heterocycles. The first-order valence-electron chi connectivity index (χ1n) is 7.63. The van der Waals surface area contributed by atoms with Gasteiger partial charge in [-0.05, 0) is 45.7 Å². The number of hydrogen-bond acceptors (Lipinski definition) is 3. The number of carbonyl (C=O) groups is 1. The fourth-order valence-corrected chi connectivity index (χ4v) is 2.91. The second-order valence-electron chi connectivity index (χ2n) is 5.67. The highest BCUT2D eigenvalue weighted by atomic mass is 16.2. The standard InChI is InChI=1S/C15H26N4O/c1-4-8-18(14-6-5-7-16-10-14)15(20)11-19-13(3)9-12(2)17-19/h9,14,16H,4-8,10-11H2,1-3H3. The normalized spacial score (nSPS) is 19.1.